The van der Waals surface area contributed by atoms with Crippen LogP contribution in [-0.4, -0.2) is 60.4 Å². The van der Waals surface area contributed by atoms with Crippen LogP contribution < -0.4 is 15.2 Å². The predicted octanol–water partition coefficient (Wildman–Crippen LogP) is 2.78. The van der Waals surface area contributed by atoms with Crippen LogP contribution in [-0.2, 0) is 0 Å². The topological polar surface area (TPSA) is 92.6 Å². The van der Waals surface area contributed by atoms with Gasteiger partial charge in [-0.1, -0.05) is 36.4 Å². The molecule has 170 valence electrons. The molecule has 2 heterocycles. The van der Waals surface area contributed by atoms with Crippen molar-refractivity contribution in [3.63, 3.8) is 0 Å². The van der Waals surface area contributed by atoms with Gasteiger partial charge in [0, 0.05) is 55.2 Å². The Bertz CT molecular complexity index is 1180. The van der Waals surface area contributed by atoms with E-state index >= 15 is 0 Å². The van der Waals surface area contributed by atoms with E-state index < -0.39 is 11.7 Å². The van der Waals surface area contributed by atoms with Crippen LogP contribution in [0, 0.1) is 18.3 Å². The van der Waals surface area contributed by atoms with Gasteiger partial charge in [0.05, 0.1) is 0 Å². The van der Waals surface area contributed by atoms with E-state index in [9.17, 15) is 15.2 Å². The second kappa shape index (κ2) is 10.3. The Morgan fingerprint density at radius 1 is 1.06 bits per heavy atom. The minimum Gasteiger partial charge on any atom is -0.490 e. The smallest absolute Gasteiger partial charge is 0.266 e. The lowest BCUT2D eigenvalue weighted by Gasteiger charge is -2.36. The van der Waals surface area contributed by atoms with E-state index in [1.54, 1.807) is 13.0 Å². The lowest BCUT2D eigenvalue weighted by Crippen LogP contribution is -2.49. The monoisotopic (exact) mass is 444 g/mol. The molecule has 0 aliphatic carbocycles. The Morgan fingerprint density at radius 3 is 2.48 bits per heavy atom. The molecule has 0 amide bonds. The van der Waals surface area contributed by atoms with Gasteiger partial charge in [-0.15, -0.1) is 0 Å². The number of ether oxygens (including phenoxy) is 1. The van der Waals surface area contributed by atoms with E-state index in [0.717, 1.165) is 37.3 Å². The number of benzene rings is 2. The molecule has 1 atom stereocenters. The molecule has 2 aromatic carbocycles. The number of aliphatic hydroxyl groups is 1. The average molecular weight is 445 g/mol. The maximum absolute atomic E-state index is 11.9. The summed E-state index contributed by atoms with van der Waals surface area (Å²) in [6.07, 6.45) is -0.632. The zero-order valence-electron chi connectivity index (χ0n) is 18.7. The van der Waals surface area contributed by atoms with E-state index in [2.05, 4.69) is 39.0 Å². The molecular formula is C26H28N4O3. The van der Waals surface area contributed by atoms with E-state index in [4.69, 9.17) is 4.74 Å². The molecule has 7 nitrogen and oxygen atoms in total. The Labute approximate surface area is 193 Å². The first kappa shape index (κ1) is 22.6. The molecule has 1 aliphatic heterocycles. The van der Waals surface area contributed by atoms with Crippen LogP contribution in [0.25, 0.3) is 11.1 Å². The van der Waals surface area contributed by atoms with Gasteiger partial charge in [0.2, 0.25) is 0 Å². The number of β-amino-alcohol motifs (C(OH)–C–C–N with tert-alkyl or cyclic N) is 1. The normalized spacial score (nSPS) is 15.1. The molecule has 0 spiro atoms. The van der Waals surface area contributed by atoms with Crippen LogP contribution in [0.5, 0.6) is 5.75 Å². The Morgan fingerprint density at radius 2 is 1.76 bits per heavy atom. The van der Waals surface area contributed by atoms with E-state index in [1.807, 2.05) is 36.4 Å². The van der Waals surface area contributed by atoms with Crippen LogP contribution in [0.2, 0.25) is 0 Å². The lowest BCUT2D eigenvalue weighted by molar-refractivity contribution is 0.0665. The number of H-pyrrole nitrogens is 1. The molecule has 0 radical (unpaired) electrons. The average Bonchev–Trinajstić information content (AvgIpc) is 2.84. The summed E-state index contributed by atoms with van der Waals surface area (Å²) >= 11 is 0. The molecule has 0 bridgehead atoms. The molecule has 2 N–H and O–H groups in total. The van der Waals surface area contributed by atoms with Crippen molar-refractivity contribution in [1.29, 1.82) is 5.26 Å². The molecule has 1 saturated heterocycles. The molecule has 4 rings (SSSR count). The van der Waals surface area contributed by atoms with Crippen LogP contribution in [0.15, 0.2) is 65.5 Å². The van der Waals surface area contributed by atoms with Gasteiger partial charge in [0.1, 0.15) is 30.1 Å². The quantitative estimate of drug-likeness (QED) is 0.582. The number of nitriles is 1. The summed E-state index contributed by atoms with van der Waals surface area (Å²) in [6.45, 7) is 6.11. The number of piperazine rings is 1. The van der Waals surface area contributed by atoms with Crippen molar-refractivity contribution in [2.45, 2.75) is 13.0 Å². The molecule has 1 aromatic heterocycles. The number of hydrogen-bond acceptors (Lipinski definition) is 6. The van der Waals surface area contributed by atoms with Crippen molar-refractivity contribution in [2.75, 3.05) is 44.2 Å². The predicted molar refractivity (Wildman–Crippen MR) is 129 cm³/mol. The van der Waals surface area contributed by atoms with Gasteiger partial charge in [-0.3, -0.25) is 9.69 Å². The fourth-order valence-electron chi connectivity index (χ4n) is 4.17. The highest BCUT2D eigenvalue weighted by Crippen LogP contribution is 2.31. The van der Waals surface area contributed by atoms with Crippen LogP contribution >= 0.6 is 0 Å². The number of hydrogen-bond donors (Lipinski definition) is 2. The number of nitrogens with zero attached hydrogens (tertiary/aromatic N) is 3. The molecule has 0 saturated carbocycles. The fourth-order valence-corrected chi connectivity index (χ4v) is 4.17. The van der Waals surface area contributed by atoms with Crippen LogP contribution in [0.4, 0.5) is 5.69 Å². The number of pyridine rings is 1. The van der Waals surface area contributed by atoms with Crippen molar-refractivity contribution >= 4 is 5.69 Å². The zero-order valence-corrected chi connectivity index (χ0v) is 18.7. The van der Waals surface area contributed by atoms with Crippen molar-refractivity contribution in [3.8, 4) is 22.9 Å². The molecule has 3 aromatic rings. The second-order valence-corrected chi connectivity index (χ2v) is 8.25. The number of anilines is 1. The van der Waals surface area contributed by atoms with Crippen LogP contribution in [0.1, 0.15) is 11.3 Å². The van der Waals surface area contributed by atoms with Crippen molar-refractivity contribution < 1.29 is 9.84 Å². The first-order valence-corrected chi connectivity index (χ1v) is 11.1. The molecular weight excluding hydrogens is 416 g/mol. The molecule has 1 aliphatic rings. The summed E-state index contributed by atoms with van der Waals surface area (Å²) in [5, 5.41) is 19.8. The van der Waals surface area contributed by atoms with Gasteiger partial charge in [0.25, 0.3) is 5.56 Å². The van der Waals surface area contributed by atoms with Gasteiger partial charge in [-0.2, -0.15) is 5.26 Å². The third-order valence-corrected chi connectivity index (χ3v) is 5.93. The second-order valence-electron chi connectivity index (χ2n) is 8.25. The largest absolute Gasteiger partial charge is 0.490 e. The first-order chi connectivity index (χ1) is 16.0. The fraction of sp³-hybridized carbons (Fsp3) is 0.308. The van der Waals surface area contributed by atoms with Crippen molar-refractivity contribution in [1.82, 2.24) is 9.88 Å². The number of aromatic amines is 1. The number of aromatic nitrogens is 1. The minimum absolute atomic E-state index is 0.0556. The summed E-state index contributed by atoms with van der Waals surface area (Å²) in [7, 11) is 0. The lowest BCUT2D eigenvalue weighted by atomic mass is 10.0. The third kappa shape index (κ3) is 5.43. The molecule has 1 unspecified atom stereocenters. The number of aliphatic hydroxyl groups excluding tert-OH is 1. The van der Waals surface area contributed by atoms with Crippen molar-refractivity contribution in [3.05, 3.63) is 82.3 Å². The number of aryl methyl sites for hydroxylation is 1. The molecule has 1 fully saturated rings. The van der Waals surface area contributed by atoms with Gasteiger partial charge in [0.15, 0.2) is 0 Å². The summed E-state index contributed by atoms with van der Waals surface area (Å²) in [6, 6.07) is 21.3. The maximum Gasteiger partial charge on any atom is 0.266 e. The highest BCUT2D eigenvalue weighted by molar-refractivity contribution is 5.73. The SMILES string of the molecule is Cc1[nH]c(=O)c(C#N)cc1-c1ccccc1OCC(O)CN1CCN(c2ccccc2)CC1. The van der Waals surface area contributed by atoms with Gasteiger partial charge >= 0.3 is 0 Å². The van der Waals surface area contributed by atoms with E-state index in [-0.39, 0.29) is 12.2 Å². The van der Waals surface area contributed by atoms with Gasteiger partial charge in [-0.25, -0.2) is 0 Å². The Kier molecular flexibility index (Phi) is 7.08. The summed E-state index contributed by atoms with van der Waals surface area (Å²) in [5.41, 5.74) is 3.04. The number of nitrogens with one attached hydrogen (secondary N) is 1. The number of para-hydroxylation sites is 2. The summed E-state index contributed by atoms with van der Waals surface area (Å²) in [5.74, 6) is 0.601. The Hall–Kier alpha value is -3.60. The number of rotatable bonds is 7. The standard InChI is InChI=1S/C26H28N4O3/c1-19-24(15-20(16-27)26(32)28-19)23-9-5-6-10-25(23)33-18-22(31)17-29-11-13-30(14-12-29)21-7-3-2-4-8-21/h2-10,15,22,31H,11-14,17-18H2,1H3,(H,28,32). The third-order valence-electron chi connectivity index (χ3n) is 5.93. The Balaban J connectivity index is 1.36. The van der Waals surface area contributed by atoms with Gasteiger partial charge in [-0.05, 0) is 31.2 Å². The zero-order chi connectivity index (χ0) is 23.2. The molecule has 33 heavy (non-hydrogen) atoms. The van der Waals surface area contributed by atoms with E-state index in [0.29, 0.717) is 18.0 Å². The highest BCUT2D eigenvalue weighted by Gasteiger charge is 2.20. The maximum atomic E-state index is 11.9. The van der Waals surface area contributed by atoms with E-state index in [1.165, 1.54) is 5.69 Å². The van der Waals surface area contributed by atoms with Crippen molar-refractivity contribution in [2.24, 2.45) is 0 Å². The highest BCUT2D eigenvalue weighted by atomic mass is 16.5. The molecule has 7 heteroatoms. The summed E-state index contributed by atoms with van der Waals surface area (Å²) < 4.78 is 5.98. The first-order valence-electron chi connectivity index (χ1n) is 11.1. The van der Waals surface area contributed by atoms with Gasteiger partial charge < -0.3 is 19.7 Å². The van der Waals surface area contributed by atoms with Crippen LogP contribution in [0.3, 0.4) is 0 Å². The minimum atomic E-state index is -0.632. The summed E-state index contributed by atoms with van der Waals surface area (Å²) in [4.78, 5) is 19.2.